The fourth-order valence-electron chi connectivity index (χ4n) is 1.06. The average Bonchev–Trinajstić information content (AvgIpc) is 2.75. The lowest BCUT2D eigenvalue weighted by molar-refractivity contribution is -0.119. The fourth-order valence-corrected chi connectivity index (χ4v) is 1.06. The Morgan fingerprint density at radius 2 is 2.35 bits per heavy atom. The van der Waals surface area contributed by atoms with E-state index in [9.17, 15) is 4.79 Å². The maximum atomic E-state index is 11.3. The number of methoxy groups -OCH3 is 1. The highest BCUT2D eigenvalue weighted by molar-refractivity contribution is 5.79. The van der Waals surface area contributed by atoms with Gasteiger partial charge in [-0.15, -0.1) is 5.10 Å². The van der Waals surface area contributed by atoms with Crippen molar-refractivity contribution >= 4 is 11.9 Å². The number of hydrogen-bond donors (Lipinski definition) is 3. The van der Waals surface area contributed by atoms with Crippen LogP contribution in [0.5, 0.6) is 0 Å². The second kappa shape index (κ2) is 7.58. The van der Waals surface area contributed by atoms with Gasteiger partial charge in [0.1, 0.15) is 0 Å². The van der Waals surface area contributed by atoms with Gasteiger partial charge in [-0.05, 0) is 0 Å². The summed E-state index contributed by atoms with van der Waals surface area (Å²) in [5.41, 5.74) is 5.34. The summed E-state index contributed by atoms with van der Waals surface area (Å²) in [5.74, 6) is 0.287. The molecular formula is C9H17N5O3. The van der Waals surface area contributed by atoms with Gasteiger partial charge in [0.2, 0.25) is 11.8 Å². The molecule has 1 heterocycles. The van der Waals surface area contributed by atoms with Crippen LogP contribution in [0.15, 0.2) is 4.42 Å². The van der Waals surface area contributed by atoms with Gasteiger partial charge >= 0.3 is 6.01 Å². The topological polar surface area (TPSA) is 115 Å². The van der Waals surface area contributed by atoms with Crippen LogP contribution in [0.4, 0.5) is 6.01 Å². The van der Waals surface area contributed by atoms with E-state index >= 15 is 0 Å². The van der Waals surface area contributed by atoms with Gasteiger partial charge in [-0.25, -0.2) is 0 Å². The van der Waals surface area contributed by atoms with Crippen LogP contribution < -0.4 is 16.4 Å². The minimum Gasteiger partial charge on any atom is -0.408 e. The summed E-state index contributed by atoms with van der Waals surface area (Å²) in [6, 6.07) is 0.218. The number of nitrogens with two attached hydrogens (primary N) is 1. The number of anilines is 1. The molecule has 0 unspecified atom stereocenters. The van der Waals surface area contributed by atoms with Gasteiger partial charge in [0.05, 0.1) is 13.2 Å². The van der Waals surface area contributed by atoms with Crippen LogP contribution in [0.2, 0.25) is 0 Å². The van der Waals surface area contributed by atoms with E-state index in [1.54, 1.807) is 7.11 Å². The third kappa shape index (κ3) is 5.27. The molecule has 1 amide bonds. The fraction of sp³-hybridized carbons (Fsp3) is 0.667. The summed E-state index contributed by atoms with van der Waals surface area (Å²) < 4.78 is 9.98. The zero-order chi connectivity index (χ0) is 12.5. The van der Waals surface area contributed by atoms with E-state index in [4.69, 9.17) is 14.9 Å². The van der Waals surface area contributed by atoms with Gasteiger partial charge in [-0.2, -0.15) is 0 Å². The largest absolute Gasteiger partial charge is 0.408 e. The van der Waals surface area contributed by atoms with Crippen LogP contribution in [0, 0.1) is 0 Å². The summed E-state index contributed by atoms with van der Waals surface area (Å²) in [7, 11) is 1.57. The van der Waals surface area contributed by atoms with Crippen LogP contribution in [0.3, 0.4) is 0 Å². The Balaban J connectivity index is 2.22. The van der Waals surface area contributed by atoms with Crippen LogP contribution in [0.25, 0.3) is 0 Å². The summed E-state index contributed by atoms with van der Waals surface area (Å²) in [5, 5.41) is 12.8. The van der Waals surface area contributed by atoms with Crippen molar-refractivity contribution in [2.24, 2.45) is 5.73 Å². The first-order chi connectivity index (χ1) is 8.26. The molecule has 0 aromatic carbocycles. The number of carbonyl (C=O) groups excluding carboxylic acids is 1. The first-order valence-corrected chi connectivity index (χ1v) is 5.28. The summed E-state index contributed by atoms with van der Waals surface area (Å²) in [4.78, 5) is 11.3. The molecule has 0 atom stereocenters. The Hall–Kier alpha value is -1.67. The standard InChI is InChI=1S/C9H17N5O3/c1-16-5-4-11-7(15)6-12-9-14-13-8(17-9)2-3-10/h2-6,10H2,1H3,(H,11,15)(H,12,14). The number of aromatic nitrogens is 2. The number of amides is 1. The molecule has 96 valence electrons. The normalized spacial score (nSPS) is 10.2. The number of hydrogen-bond acceptors (Lipinski definition) is 7. The molecule has 0 radical (unpaired) electrons. The minimum absolute atomic E-state index is 0.0774. The average molecular weight is 243 g/mol. The molecule has 8 heteroatoms. The summed E-state index contributed by atoms with van der Waals surface area (Å²) in [6.07, 6.45) is 0.523. The number of carbonyl (C=O) groups is 1. The molecular weight excluding hydrogens is 226 g/mol. The van der Waals surface area contributed by atoms with Crippen molar-refractivity contribution in [1.29, 1.82) is 0 Å². The zero-order valence-electron chi connectivity index (χ0n) is 9.73. The van der Waals surface area contributed by atoms with E-state index < -0.39 is 0 Å². The molecule has 1 rings (SSSR count). The highest BCUT2D eigenvalue weighted by Crippen LogP contribution is 2.04. The molecule has 0 bridgehead atoms. The van der Waals surface area contributed by atoms with Crippen LogP contribution in [0.1, 0.15) is 5.89 Å². The van der Waals surface area contributed by atoms with Crippen molar-refractivity contribution in [3.8, 4) is 0 Å². The Labute approximate surface area is 98.9 Å². The van der Waals surface area contributed by atoms with Crippen molar-refractivity contribution in [1.82, 2.24) is 15.5 Å². The van der Waals surface area contributed by atoms with E-state index in [1.807, 2.05) is 0 Å². The second-order valence-corrected chi connectivity index (χ2v) is 3.24. The molecule has 1 aromatic rings. The minimum atomic E-state index is -0.166. The molecule has 17 heavy (non-hydrogen) atoms. The molecule has 0 aliphatic heterocycles. The van der Waals surface area contributed by atoms with E-state index in [1.165, 1.54) is 0 Å². The van der Waals surface area contributed by atoms with Gasteiger partial charge < -0.3 is 25.5 Å². The molecule has 1 aromatic heterocycles. The van der Waals surface area contributed by atoms with Crippen molar-refractivity contribution in [2.45, 2.75) is 6.42 Å². The lowest BCUT2D eigenvalue weighted by Crippen LogP contribution is -2.32. The molecule has 0 saturated carbocycles. The van der Waals surface area contributed by atoms with Gasteiger partial charge in [0.15, 0.2) is 0 Å². The molecule has 0 fully saturated rings. The smallest absolute Gasteiger partial charge is 0.315 e. The maximum absolute atomic E-state index is 11.3. The number of nitrogens with zero attached hydrogens (tertiary/aromatic N) is 2. The highest BCUT2D eigenvalue weighted by Gasteiger charge is 2.06. The van der Waals surface area contributed by atoms with Crippen LogP contribution >= 0.6 is 0 Å². The van der Waals surface area contributed by atoms with E-state index in [2.05, 4.69) is 20.8 Å². The molecule has 0 spiro atoms. The van der Waals surface area contributed by atoms with Crippen molar-refractivity contribution in [3.63, 3.8) is 0 Å². The van der Waals surface area contributed by atoms with E-state index in [-0.39, 0.29) is 18.5 Å². The number of nitrogens with one attached hydrogen (secondary N) is 2. The molecule has 8 nitrogen and oxygen atoms in total. The van der Waals surface area contributed by atoms with Gasteiger partial charge in [-0.1, -0.05) is 5.10 Å². The van der Waals surface area contributed by atoms with Crippen LogP contribution in [-0.4, -0.2) is 49.5 Å². The predicted molar refractivity (Wildman–Crippen MR) is 60.4 cm³/mol. The monoisotopic (exact) mass is 243 g/mol. The quantitative estimate of drug-likeness (QED) is 0.488. The first-order valence-electron chi connectivity index (χ1n) is 5.28. The first kappa shape index (κ1) is 13.4. The van der Waals surface area contributed by atoms with Crippen molar-refractivity contribution < 1.29 is 13.9 Å². The molecule has 4 N–H and O–H groups in total. The van der Waals surface area contributed by atoms with Gasteiger partial charge in [-0.3, -0.25) is 4.79 Å². The third-order valence-electron chi connectivity index (χ3n) is 1.85. The zero-order valence-corrected chi connectivity index (χ0v) is 9.73. The lowest BCUT2D eigenvalue weighted by atomic mass is 10.4. The Kier molecular flexibility index (Phi) is 5.97. The Bertz CT molecular complexity index is 341. The Morgan fingerprint density at radius 1 is 1.53 bits per heavy atom. The highest BCUT2D eigenvalue weighted by atomic mass is 16.5. The van der Waals surface area contributed by atoms with Gasteiger partial charge in [0.25, 0.3) is 0 Å². The lowest BCUT2D eigenvalue weighted by Gasteiger charge is -2.03. The van der Waals surface area contributed by atoms with Crippen molar-refractivity contribution in [2.75, 3.05) is 38.7 Å². The third-order valence-corrected chi connectivity index (χ3v) is 1.85. The van der Waals surface area contributed by atoms with E-state index in [0.29, 0.717) is 32.0 Å². The molecule has 0 saturated heterocycles. The predicted octanol–water partition coefficient (Wildman–Crippen LogP) is -1.25. The summed E-state index contributed by atoms with van der Waals surface area (Å²) >= 11 is 0. The Morgan fingerprint density at radius 3 is 3.06 bits per heavy atom. The van der Waals surface area contributed by atoms with E-state index in [0.717, 1.165) is 0 Å². The second-order valence-electron chi connectivity index (χ2n) is 3.24. The number of ether oxygens (including phenoxy) is 1. The SMILES string of the molecule is COCCNC(=O)CNc1nnc(CCN)o1. The molecule has 0 aliphatic carbocycles. The van der Waals surface area contributed by atoms with Crippen molar-refractivity contribution in [3.05, 3.63) is 5.89 Å². The molecule has 0 aliphatic rings. The van der Waals surface area contributed by atoms with Gasteiger partial charge in [0, 0.05) is 26.6 Å². The maximum Gasteiger partial charge on any atom is 0.315 e. The summed E-state index contributed by atoms with van der Waals surface area (Å²) in [6.45, 7) is 1.47. The number of rotatable bonds is 8. The van der Waals surface area contributed by atoms with Crippen LogP contribution in [-0.2, 0) is 16.0 Å².